The number of fused-ring (bicyclic) bond motifs is 1. The van der Waals surface area contributed by atoms with Gasteiger partial charge in [0, 0.05) is 31.0 Å². The van der Waals surface area contributed by atoms with Crippen molar-refractivity contribution >= 4 is 11.8 Å². The summed E-state index contributed by atoms with van der Waals surface area (Å²) in [6.07, 6.45) is 7.30. The second-order valence-electron chi connectivity index (χ2n) is 8.68. The van der Waals surface area contributed by atoms with Crippen molar-refractivity contribution in [2.75, 3.05) is 19.6 Å². The summed E-state index contributed by atoms with van der Waals surface area (Å²) in [6.45, 7) is 10.4. The number of likely N-dealkylation sites (tertiary alicyclic amines) is 1. The molecule has 1 aromatic heterocycles. The molecule has 0 radical (unpaired) electrons. The molecule has 1 spiro atoms. The molecule has 3 aliphatic heterocycles. The number of likely N-dealkylation sites (N-methyl/N-ethyl adjacent to an activating group) is 1. The van der Waals surface area contributed by atoms with Crippen LogP contribution in [0.3, 0.4) is 0 Å². The normalized spacial score (nSPS) is 31.6. The molecule has 7 heteroatoms. The number of carbonyl (C=O) groups is 2. The van der Waals surface area contributed by atoms with Crippen LogP contribution < -0.4 is 0 Å². The van der Waals surface area contributed by atoms with E-state index in [1.807, 2.05) is 66.6 Å². The Morgan fingerprint density at radius 2 is 2.22 bits per heavy atom. The lowest BCUT2D eigenvalue weighted by Gasteiger charge is -2.34. The molecule has 2 amide bonds. The molecule has 0 unspecified atom stereocenters. The van der Waals surface area contributed by atoms with E-state index in [4.69, 9.17) is 4.74 Å². The van der Waals surface area contributed by atoms with Gasteiger partial charge in [0.15, 0.2) is 0 Å². The minimum Gasteiger partial charge on any atom is -0.360 e. The van der Waals surface area contributed by atoms with Crippen molar-refractivity contribution in [1.82, 2.24) is 19.6 Å². The average Bonchev–Trinajstić information content (AvgIpc) is 3.36. The monoisotopic (exact) mass is 372 g/mol. The van der Waals surface area contributed by atoms with Crippen LogP contribution >= 0.6 is 0 Å². The molecule has 4 atom stereocenters. The number of rotatable bonds is 5. The number of nitrogens with zero attached hydrogens (tertiary/aromatic N) is 4. The number of hydrogen-bond donors (Lipinski definition) is 0. The maximum absolute atomic E-state index is 13.4. The largest absolute Gasteiger partial charge is 0.360 e. The van der Waals surface area contributed by atoms with E-state index >= 15 is 0 Å². The Kier molecular flexibility index (Phi) is 4.18. The van der Waals surface area contributed by atoms with Crippen LogP contribution in [0.2, 0.25) is 0 Å². The molecular formula is C20H28N4O3. The van der Waals surface area contributed by atoms with Crippen molar-refractivity contribution in [2.24, 2.45) is 11.8 Å². The maximum Gasteiger partial charge on any atom is 0.230 e. The third-order valence-electron chi connectivity index (χ3n) is 6.05. The van der Waals surface area contributed by atoms with E-state index in [-0.39, 0.29) is 23.5 Å². The van der Waals surface area contributed by atoms with Gasteiger partial charge in [-0.1, -0.05) is 12.2 Å². The minimum absolute atomic E-state index is 0.00925. The lowest BCUT2D eigenvalue weighted by atomic mass is 9.76. The molecule has 2 saturated heterocycles. The highest BCUT2D eigenvalue weighted by molar-refractivity contribution is 5.93. The number of amides is 2. The molecule has 3 aliphatic rings. The molecule has 0 aliphatic carbocycles. The molecule has 0 saturated carbocycles. The second-order valence-corrected chi connectivity index (χ2v) is 8.68. The van der Waals surface area contributed by atoms with E-state index in [0.717, 1.165) is 0 Å². The Balaban J connectivity index is 1.55. The zero-order valence-corrected chi connectivity index (χ0v) is 16.5. The SMILES string of the molecule is CCN(CCn1cccn1)C(=O)[C@@H]1[C@@H]2C=C[C@@]3(CN(C(C)(C)C)C(=O)[C@@H]13)O2. The van der Waals surface area contributed by atoms with Crippen LogP contribution in [-0.4, -0.2) is 68.3 Å². The van der Waals surface area contributed by atoms with E-state index in [9.17, 15) is 9.59 Å². The van der Waals surface area contributed by atoms with Gasteiger partial charge in [-0.05, 0) is 33.8 Å². The van der Waals surface area contributed by atoms with Gasteiger partial charge in [-0.25, -0.2) is 0 Å². The van der Waals surface area contributed by atoms with Crippen LogP contribution in [-0.2, 0) is 20.9 Å². The summed E-state index contributed by atoms with van der Waals surface area (Å²) >= 11 is 0. The van der Waals surface area contributed by atoms with Gasteiger partial charge in [-0.3, -0.25) is 14.3 Å². The van der Waals surface area contributed by atoms with Crippen molar-refractivity contribution in [3.63, 3.8) is 0 Å². The summed E-state index contributed by atoms with van der Waals surface area (Å²) in [6, 6.07) is 1.87. The number of ether oxygens (including phenoxy) is 1. The predicted molar refractivity (Wildman–Crippen MR) is 99.7 cm³/mol. The van der Waals surface area contributed by atoms with Gasteiger partial charge in [0.2, 0.25) is 11.8 Å². The summed E-state index contributed by atoms with van der Waals surface area (Å²) in [5, 5.41) is 4.20. The highest BCUT2D eigenvalue weighted by Gasteiger charge is 2.68. The van der Waals surface area contributed by atoms with Crippen LogP contribution in [0.5, 0.6) is 0 Å². The van der Waals surface area contributed by atoms with E-state index < -0.39 is 17.4 Å². The second kappa shape index (κ2) is 6.19. The number of hydrogen-bond acceptors (Lipinski definition) is 4. The third kappa shape index (κ3) is 2.79. The molecule has 2 fully saturated rings. The standard InChI is InChI=1S/C20H28N4O3/c1-5-22(11-12-23-10-6-9-21-23)17(25)15-14-7-8-20(27-14)13-24(19(2,3)4)18(26)16(15)20/h6-10,14-16H,5,11-13H2,1-4H3/t14-,15+,16+,20-/m0/s1. The van der Waals surface area contributed by atoms with Crippen LogP contribution in [0.25, 0.3) is 0 Å². The Morgan fingerprint density at radius 1 is 1.44 bits per heavy atom. The lowest BCUT2D eigenvalue weighted by molar-refractivity contribution is -0.145. The maximum atomic E-state index is 13.4. The van der Waals surface area contributed by atoms with E-state index in [2.05, 4.69) is 5.10 Å². The number of carbonyl (C=O) groups excluding carboxylic acids is 2. The molecule has 4 rings (SSSR count). The van der Waals surface area contributed by atoms with Gasteiger partial charge in [-0.15, -0.1) is 0 Å². The van der Waals surface area contributed by atoms with Crippen LogP contribution in [0.1, 0.15) is 27.7 Å². The molecule has 4 heterocycles. The minimum atomic E-state index is -0.642. The van der Waals surface area contributed by atoms with Crippen molar-refractivity contribution in [3.05, 3.63) is 30.6 Å². The third-order valence-corrected chi connectivity index (χ3v) is 6.05. The zero-order chi connectivity index (χ0) is 19.4. The van der Waals surface area contributed by atoms with E-state index in [1.54, 1.807) is 6.20 Å². The fourth-order valence-corrected chi connectivity index (χ4v) is 4.64. The molecule has 1 aromatic rings. The Bertz CT molecular complexity index is 767. The van der Waals surface area contributed by atoms with Crippen molar-refractivity contribution in [1.29, 1.82) is 0 Å². The van der Waals surface area contributed by atoms with Gasteiger partial charge in [0.25, 0.3) is 0 Å². The smallest absolute Gasteiger partial charge is 0.230 e. The van der Waals surface area contributed by atoms with Gasteiger partial charge in [0.1, 0.15) is 5.60 Å². The number of aromatic nitrogens is 2. The Morgan fingerprint density at radius 3 is 2.85 bits per heavy atom. The average molecular weight is 372 g/mol. The first-order valence-corrected chi connectivity index (χ1v) is 9.72. The van der Waals surface area contributed by atoms with Gasteiger partial charge in [0.05, 0.1) is 31.0 Å². The summed E-state index contributed by atoms with van der Waals surface area (Å²) in [7, 11) is 0. The quantitative estimate of drug-likeness (QED) is 0.731. The summed E-state index contributed by atoms with van der Waals surface area (Å²) in [5.74, 6) is -0.809. The summed E-state index contributed by atoms with van der Waals surface area (Å²) in [5.41, 5.74) is -0.930. The lowest BCUT2D eigenvalue weighted by Crippen LogP contribution is -2.48. The highest BCUT2D eigenvalue weighted by Crippen LogP contribution is 2.53. The van der Waals surface area contributed by atoms with Gasteiger partial charge < -0.3 is 14.5 Å². The molecule has 0 N–H and O–H groups in total. The van der Waals surface area contributed by atoms with Crippen molar-refractivity contribution in [2.45, 2.75) is 51.5 Å². The Hall–Kier alpha value is -2.15. The van der Waals surface area contributed by atoms with Crippen LogP contribution in [0.4, 0.5) is 0 Å². The first-order chi connectivity index (χ1) is 12.8. The van der Waals surface area contributed by atoms with Crippen LogP contribution in [0, 0.1) is 11.8 Å². The topological polar surface area (TPSA) is 67.7 Å². The van der Waals surface area contributed by atoms with Crippen molar-refractivity contribution < 1.29 is 14.3 Å². The van der Waals surface area contributed by atoms with Gasteiger partial charge in [-0.2, -0.15) is 5.10 Å². The first-order valence-electron chi connectivity index (χ1n) is 9.72. The molecule has 146 valence electrons. The highest BCUT2D eigenvalue weighted by atomic mass is 16.5. The van der Waals surface area contributed by atoms with Crippen molar-refractivity contribution in [3.8, 4) is 0 Å². The molecule has 0 aromatic carbocycles. The van der Waals surface area contributed by atoms with E-state index in [0.29, 0.717) is 26.2 Å². The summed E-state index contributed by atoms with van der Waals surface area (Å²) in [4.78, 5) is 30.3. The zero-order valence-electron chi connectivity index (χ0n) is 16.5. The molecule has 2 bridgehead atoms. The molecule has 27 heavy (non-hydrogen) atoms. The molecule has 7 nitrogen and oxygen atoms in total. The van der Waals surface area contributed by atoms with Gasteiger partial charge >= 0.3 is 0 Å². The summed E-state index contributed by atoms with van der Waals surface area (Å²) < 4.78 is 8.04. The predicted octanol–water partition coefficient (Wildman–Crippen LogP) is 1.31. The Labute approximate surface area is 159 Å². The van der Waals surface area contributed by atoms with Crippen LogP contribution in [0.15, 0.2) is 30.6 Å². The fourth-order valence-electron chi connectivity index (χ4n) is 4.64. The fraction of sp³-hybridized carbons (Fsp3) is 0.650. The first kappa shape index (κ1) is 18.2. The molecular weight excluding hydrogens is 344 g/mol. The van der Waals surface area contributed by atoms with E-state index in [1.165, 1.54) is 0 Å².